The molecule has 0 saturated heterocycles. The van der Waals surface area contributed by atoms with Crippen LogP contribution in [0.4, 0.5) is 5.69 Å². The number of halogens is 1. The van der Waals surface area contributed by atoms with Gasteiger partial charge in [0.15, 0.2) is 0 Å². The molecule has 1 aromatic heterocycles. The van der Waals surface area contributed by atoms with E-state index in [1.807, 2.05) is 0 Å². The van der Waals surface area contributed by atoms with Crippen LogP contribution < -0.4 is 5.32 Å². The van der Waals surface area contributed by atoms with Crippen LogP contribution in [0.25, 0.3) is 11.0 Å². The number of fused-ring (bicyclic) bond motifs is 1. The minimum absolute atomic E-state index is 0.198. The van der Waals surface area contributed by atoms with E-state index in [2.05, 4.69) is 14.1 Å². The van der Waals surface area contributed by atoms with Crippen LogP contribution in [0.15, 0.2) is 12.1 Å². The summed E-state index contributed by atoms with van der Waals surface area (Å²) in [5.41, 5.74) is 1.83. The SMILES string of the molecule is O=C(O)CNc1c(Cl)ccc2nsnc12. The van der Waals surface area contributed by atoms with Crippen molar-refractivity contribution in [1.82, 2.24) is 8.75 Å². The highest BCUT2D eigenvalue weighted by atomic mass is 35.5. The fourth-order valence-corrected chi connectivity index (χ4v) is 1.92. The molecule has 1 aromatic carbocycles. The van der Waals surface area contributed by atoms with Crippen molar-refractivity contribution in [2.45, 2.75) is 0 Å². The zero-order chi connectivity index (χ0) is 10.8. The van der Waals surface area contributed by atoms with Crippen LogP contribution in [0.5, 0.6) is 0 Å². The van der Waals surface area contributed by atoms with E-state index < -0.39 is 5.97 Å². The third kappa shape index (κ3) is 2.00. The molecular weight excluding hydrogens is 238 g/mol. The summed E-state index contributed by atoms with van der Waals surface area (Å²) in [5, 5.41) is 11.7. The summed E-state index contributed by atoms with van der Waals surface area (Å²) in [7, 11) is 0. The molecule has 1 heterocycles. The predicted octanol–water partition coefficient (Wildman–Crippen LogP) is 1.84. The van der Waals surface area contributed by atoms with E-state index in [-0.39, 0.29) is 6.54 Å². The Bertz CT molecular complexity index is 514. The molecule has 0 aliphatic rings. The van der Waals surface area contributed by atoms with Crippen molar-refractivity contribution in [2.75, 3.05) is 11.9 Å². The summed E-state index contributed by atoms with van der Waals surface area (Å²) in [5.74, 6) is -0.953. The van der Waals surface area contributed by atoms with Crippen molar-refractivity contribution in [1.29, 1.82) is 0 Å². The molecule has 0 atom stereocenters. The Morgan fingerprint density at radius 1 is 1.53 bits per heavy atom. The Balaban J connectivity index is 2.42. The van der Waals surface area contributed by atoms with Crippen molar-refractivity contribution in [2.24, 2.45) is 0 Å². The Hall–Kier alpha value is -1.40. The second kappa shape index (κ2) is 4.00. The first-order valence-electron chi connectivity index (χ1n) is 4.05. The maximum atomic E-state index is 10.4. The number of hydrogen-bond acceptors (Lipinski definition) is 5. The Morgan fingerprint density at radius 2 is 2.33 bits per heavy atom. The summed E-state index contributed by atoms with van der Waals surface area (Å²) in [6.07, 6.45) is 0. The van der Waals surface area contributed by atoms with E-state index in [0.717, 1.165) is 11.7 Å². The molecule has 2 rings (SSSR count). The zero-order valence-corrected chi connectivity index (χ0v) is 8.97. The summed E-state index contributed by atoms with van der Waals surface area (Å²) < 4.78 is 8.08. The number of rotatable bonds is 3. The lowest BCUT2D eigenvalue weighted by Gasteiger charge is -2.05. The highest BCUT2D eigenvalue weighted by molar-refractivity contribution is 7.00. The van der Waals surface area contributed by atoms with Gasteiger partial charge in [-0.25, -0.2) is 0 Å². The Labute approximate surface area is 94.0 Å². The largest absolute Gasteiger partial charge is 0.480 e. The summed E-state index contributed by atoms with van der Waals surface area (Å²) in [6.45, 7) is -0.198. The smallest absolute Gasteiger partial charge is 0.322 e. The molecule has 0 aliphatic carbocycles. The number of aliphatic carboxylic acids is 1. The van der Waals surface area contributed by atoms with Crippen LogP contribution in [-0.4, -0.2) is 26.4 Å². The number of carboxylic acids is 1. The van der Waals surface area contributed by atoms with Crippen LogP contribution in [0, 0.1) is 0 Å². The van der Waals surface area contributed by atoms with Crippen molar-refractivity contribution in [3.63, 3.8) is 0 Å². The molecule has 0 radical (unpaired) electrons. The normalized spacial score (nSPS) is 10.5. The van der Waals surface area contributed by atoms with Crippen LogP contribution in [-0.2, 0) is 4.79 Å². The maximum Gasteiger partial charge on any atom is 0.322 e. The Kier molecular flexibility index (Phi) is 2.70. The third-order valence-electron chi connectivity index (χ3n) is 1.79. The molecule has 0 saturated carbocycles. The van der Waals surface area contributed by atoms with Crippen molar-refractivity contribution >= 4 is 46.0 Å². The van der Waals surface area contributed by atoms with Crippen LogP contribution in [0.1, 0.15) is 0 Å². The zero-order valence-electron chi connectivity index (χ0n) is 7.40. The highest BCUT2D eigenvalue weighted by Gasteiger charge is 2.10. The number of hydrogen-bond donors (Lipinski definition) is 2. The number of aromatic nitrogens is 2. The molecule has 78 valence electrons. The number of carboxylic acid groups (broad SMARTS) is 1. The number of nitrogens with zero attached hydrogens (tertiary/aromatic N) is 2. The van der Waals surface area contributed by atoms with Gasteiger partial charge in [-0.15, -0.1) is 0 Å². The van der Waals surface area contributed by atoms with E-state index in [4.69, 9.17) is 16.7 Å². The minimum atomic E-state index is -0.953. The third-order valence-corrected chi connectivity index (χ3v) is 2.65. The number of anilines is 1. The Morgan fingerprint density at radius 3 is 3.07 bits per heavy atom. The predicted molar refractivity (Wildman–Crippen MR) is 58.6 cm³/mol. The van der Waals surface area contributed by atoms with Crippen molar-refractivity contribution in [3.8, 4) is 0 Å². The number of nitrogens with one attached hydrogen (secondary N) is 1. The van der Waals surface area contributed by atoms with Gasteiger partial charge in [0, 0.05) is 0 Å². The van der Waals surface area contributed by atoms with Gasteiger partial charge in [-0.1, -0.05) is 11.6 Å². The molecular formula is C8H6ClN3O2S. The summed E-state index contributed by atoms with van der Waals surface area (Å²) >= 11 is 6.99. The highest BCUT2D eigenvalue weighted by Crippen LogP contribution is 2.29. The van der Waals surface area contributed by atoms with Gasteiger partial charge in [0.05, 0.1) is 22.4 Å². The van der Waals surface area contributed by atoms with E-state index in [1.54, 1.807) is 12.1 Å². The van der Waals surface area contributed by atoms with Gasteiger partial charge in [-0.2, -0.15) is 8.75 Å². The van der Waals surface area contributed by atoms with Gasteiger partial charge in [0.2, 0.25) is 0 Å². The molecule has 2 aromatic rings. The molecule has 0 aliphatic heterocycles. The topological polar surface area (TPSA) is 75.1 Å². The first kappa shape index (κ1) is 10.1. The van der Waals surface area contributed by atoms with Crippen LogP contribution in [0.2, 0.25) is 5.02 Å². The van der Waals surface area contributed by atoms with Gasteiger partial charge >= 0.3 is 5.97 Å². The average molecular weight is 244 g/mol. The van der Waals surface area contributed by atoms with Gasteiger partial charge in [0.1, 0.15) is 17.6 Å². The van der Waals surface area contributed by atoms with Gasteiger partial charge in [-0.3, -0.25) is 4.79 Å². The van der Waals surface area contributed by atoms with E-state index in [1.165, 1.54) is 0 Å². The minimum Gasteiger partial charge on any atom is -0.480 e. The number of benzene rings is 1. The average Bonchev–Trinajstić information content (AvgIpc) is 2.63. The van der Waals surface area contributed by atoms with Gasteiger partial charge in [0.25, 0.3) is 0 Å². The molecule has 2 N–H and O–H groups in total. The molecule has 5 nitrogen and oxygen atoms in total. The monoisotopic (exact) mass is 243 g/mol. The molecule has 0 amide bonds. The lowest BCUT2D eigenvalue weighted by molar-refractivity contribution is -0.134. The van der Waals surface area contributed by atoms with Crippen LogP contribution >= 0.6 is 23.3 Å². The maximum absolute atomic E-state index is 10.4. The lowest BCUT2D eigenvalue weighted by atomic mass is 10.2. The van der Waals surface area contributed by atoms with E-state index in [0.29, 0.717) is 21.7 Å². The molecule has 0 unspecified atom stereocenters. The van der Waals surface area contributed by atoms with Crippen molar-refractivity contribution in [3.05, 3.63) is 17.2 Å². The summed E-state index contributed by atoms with van der Waals surface area (Å²) in [4.78, 5) is 10.4. The fourth-order valence-electron chi connectivity index (χ4n) is 1.16. The standard InChI is InChI=1S/C8H6ClN3O2S/c9-4-1-2-5-8(12-15-11-5)7(4)10-3-6(13)14/h1-2,10H,3H2,(H,13,14). The lowest BCUT2D eigenvalue weighted by Crippen LogP contribution is -2.12. The first-order chi connectivity index (χ1) is 7.18. The number of carbonyl (C=O) groups is 1. The second-order valence-electron chi connectivity index (χ2n) is 2.80. The second-order valence-corrected chi connectivity index (χ2v) is 3.74. The van der Waals surface area contributed by atoms with E-state index in [9.17, 15) is 4.79 Å². The summed E-state index contributed by atoms with van der Waals surface area (Å²) in [6, 6.07) is 3.41. The molecule has 0 bridgehead atoms. The molecule has 0 spiro atoms. The van der Waals surface area contributed by atoms with Gasteiger partial charge in [-0.05, 0) is 12.1 Å². The van der Waals surface area contributed by atoms with Crippen molar-refractivity contribution < 1.29 is 9.90 Å². The molecule has 15 heavy (non-hydrogen) atoms. The molecule has 7 heteroatoms. The first-order valence-corrected chi connectivity index (χ1v) is 5.16. The van der Waals surface area contributed by atoms with Gasteiger partial charge < -0.3 is 10.4 Å². The molecule has 0 fully saturated rings. The quantitative estimate of drug-likeness (QED) is 0.860. The van der Waals surface area contributed by atoms with Crippen LogP contribution in [0.3, 0.4) is 0 Å². The fraction of sp³-hybridized carbons (Fsp3) is 0.125. The van der Waals surface area contributed by atoms with E-state index >= 15 is 0 Å².